The van der Waals surface area contributed by atoms with E-state index in [-0.39, 0.29) is 17.8 Å². The van der Waals surface area contributed by atoms with Crippen LogP contribution < -0.4 is 0 Å². The molecule has 31 heavy (non-hydrogen) atoms. The van der Waals surface area contributed by atoms with Crippen molar-refractivity contribution in [3.05, 3.63) is 12.2 Å². The minimum atomic E-state index is -4.35. The Hall–Kier alpha value is -1.24. The van der Waals surface area contributed by atoms with Gasteiger partial charge in [0.1, 0.15) is 6.10 Å². The maximum Gasteiger partial charge on any atom is 0.510 e. The summed E-state index contributed by atoms with van der Waals surface area (Å²) < 4.78 is 58.8. The molecule has 5 saturated carbocycles. The average molecular weight is 438 g/mol. The highest BCUT2D eigenvalue weighted by Crippen LogP contribution is 2.77. The lowest BCUT2D eigenvalue weighted by molar-refractivity contribution is -0.232. The molecule has 4 nitrogen and oxygen atoms in total. The third-order valence-electron chi connectivity index (χ3n) is 10.3. The second-order valence-corrected chi connectivity index (χ2v) is 11.2. The topological polar surface area (TPSA) is 44.8 Å². The first-order valence-electron chi connectivity index (χ1n) is 12.2. The van der Waals surface area contributed by atoms with E-state index < -0.39 is 36.6 Å². The molecule has 0 aromatic heterocycles. The number of rotatable bonds is 2. The Labute approximate surface area is 179 Å². The highest BCUT2D eigenvalue weighted by atomic mass is 19.4. The second kappa shape index (κ2) is 6.42. The Morgan fingerprint density at radius 3 is 2.16 bits per heavy atom. The van der Waals surface area contributed by atoms with Crippen molar-refractivity contribution in [2.24, 2.45) is 65.1 Å². The van der Waals surface area contributed by atoms with Gasteiger partial charge in [0.05, 0.1) is 12.5 Å². The molecule has 6 bridgehead atoms. The first-order chi connectivity index (χ1) is 14.9. The van der Waals surface area contributed by atoms with Crippen molar-refractivity contribution < 1.29 is 32.2 Å². The maximum atomic E-state index is 14.2. The van der Waals surface area contributed by atoms with Gasteiger partial charge in [0.25, 0.3) is 0 Å². The number of hydrogen-bond donors (Lipinski definition) is 0. The lowest BCUT2D eigenvalue weighted by Crippen LogP contribution is -2.51. The van der Waals surface area contributed by atoms with E-state index in [1.807, 2.05) is 0 Å². The van der Waals surface area contributed by atoms with E-state index in [4.69, 9.17) is 14.2 Å². The molecular weight excluding hydrogens is 409 g/mol. The summed E-state index contributed by atoms with van der Waals surface area (Å²) in [5.74, 6) is 1.71. The predicted molar refractivity (Wildman–Crippen MR) is 102 cm³/mol. The second-order valence-electron chi connectivity index (χ2n) is 11.2. The normalized spacial score (nSPS) is 55.5. The zero-order valence-corrected chi connectivity index (χ0v) is 17.4. The molecule has 7 rings (SSSR count). The van der Waals surface area contributed by atoms with Gasteiger partial charge in [-0.05, 0) is 85.4 Å². The van der Waals surface area contributed by atoms with E-state index >= 15 is 0 Å². The zero-order chi connectivity index (χ0) is 21.1. The molecule has 0 N–H and O–H groups in total. The Bertz CT molecular complexity index is 805. The Morgan fingerprint density at radius 2 is 1.52 bits per heavy atom. The highest BCUT2D eigenvalue weighted by Gasteiger charge is 2.76. The van der Waals surface area contributed by atoms with E-state index in [1.165, 1.54) is 6.42 Å². The van der Waals surface area contributed by atoms with Crippen LogP contribution in [0.1, 0.15) is 38.5 Å². The molecule has 13 unspecified atom stereocenters. The number of fused-ring (bicyclic) bond motifs is 16. The quantitative estimate of drug-likeness (QED) is 0.338. The summed E-state index contributed by atoms with van der Waals surface area (Å²) >= 11 is 0. The first-order valence-corrected chi connectivity index (χ1v) is 12.2. The molecule has 6 fully saturated rings. The van der Waals surface area contributed by atoms with Crippen molar-refractivity contribution in [2.75, 3.05) is 6.61 Å². The summed E-state index contributed by atoms with van der Waals surface area (Å²) in [6.07, 6.45) is 2.76. The van der Waals surface area contributed by atoms with Crippen LogP contribution in [0.3, 0.4) is 0 Å². The molecule has 7 heteroatoms. The fourth-order valence-corrected chi connectivity index (χ4v) is 9.85. The van der Waals surface area contributed by atoms with Gasteiger partial charge in [-0.1, -0.05) is 12.2 Å². The SMILES string of the molecule is O=C(OC1CCCCO1)OC1C2CC(C3C4CC(C5C6C=CC(C6)C45)C23)C1C(F)(F)F. The zero-order valence-electron chi connectivity index (χ0n) is 17.4. The third kappa shape index (κ3) is 2.56. The van der Waals surface area contributed by atoms with Crippen LogP contribution in [0.15, 0.2) is 12.2 Å². The van der Waals surface area contributed by atoms with Gasteiger partial charge in [-0.25, -0.2) is 4.79 Å². The summed E-state index contributed by atoms with van der Waals surface area (Å²) in [4.78, 5) is 12.5. The maximum absolute atomic E-state index is 14.2. The molecule has 0 spiro atoms. The molecule has 7 aliphatic rings. The minimum absolute atomic E-state index is 0.160. The van der Waals surface area contributed by atoms with Gasteiger partial charge >= 0.3 is 12.3 Å². The molecule has 1 heterocycles. The summed E-state index contributed by atoms with van der Waals surface area (Å²) in [5.41, 5.74) is 0. The van der Waals surface area contributed by atoms with Crippen LogP contribution in [0.25, 0.3) is 0 Å². The van der Waals surface area contributed by atoms with Gasteiger partial charge in [-0.3, -0.25) is 0 Å². The fraction of sp³-hybridized carbons (Fsp3) is 0.875. The van der Waals surface area contributed by atoms with Crippen molar-refractivity contribution >= 4 is 6.16 Å². The van der Waals surface area contributed by atoms with E-state index in [9.17, 15) is 18.0 Å². The predicted octanol–water partition coefficient (Wildman–Crippen LogP) is 5.18. The Kier molecular flexibility index (Phi) is 3.99. The van der Waals surface area contributed by atoms with E-state index in [0.717, 1.165) is 19.3 Å². The van der Waals surface area contributed by atoms with Crippen molar-refractivity contribution in [2.45, 2.75) is 57.1 Å². The summed E-state index contributed by atoms with van der Waals surface area (Å²) in [5, 5.41) is 0. The van der Waals surface area contributed by atoms with Crippen LogP contribution in [0, 0.1) is 65.1 Å². The van der Waals surface area contributed by atoms with Crippen LogP contribution in [-0.4, -0.2) is 31.3 Å². The van der Waals surface area contributed by atoms with E-state index in [0.29, 0.717) is 55.0 Å². The molecule has 1 saturated heterocycles. The molecule has 170 valence electrons. The summed E-state index contributed by atoms with van der Waals surface area (Å²) in [6.45, 7) is 0.503. The van der Waals surface area contributed by atoms with Crippen LogP contribution in [0.2, 0.25) is 0 Å². The molecule has 0 radical (unpaired) electrons. The van der Waals surface area contributed by atoms with Crippen LogP contribution in [-0.2, 0) is 14.2 Å². The molecule has 6 aliphatic carbocycles. The Morgan fingerprint density at radius 1 is 0.839 bits per heavy atom. The number of halogens is 3. The lowest BCUT2D eigenvalue weighted by atomic mass is 9.58. The largest absolute Gasteiger partial charge is 0.510 e. The Balaban J connectivity index is 1.14. The van der Waals surface area contributed by atoms with Gasteiger partial charge in [0.2, 0.25) is 6.29 Å². The molecule has 0 aromatic carbocycles. The fourth-order valence-electron chi connectivity index (χ4n) is 9.85. The minimum Gasteiger partial charge on any atom is -0.430 e. The molecule has 1 aliphatic heterocycles. The van der Waals surface area contributed by atoms with Crippen molar-refractivity contribution in [1.29, 1.82) is 0 Å². The lowest BCUT2D eigenvalue weighted by Gasteiger charge is -2.48. The van der Waals surface area contributed by atoms with Crippen molar-refractivity contribution in [1.82, 2.24) is 0 Å². The van der Waals surface area contributed by atoms with Gasteiger partial charge in [0, 0.05) is 12.3 Å². The van der Waals surface area contributed by atoms with Gasteiger partial charge in [-0.15, -0.1) is 0 Å². The van der Waals surface area contributed by atoms with E-state index in [1.54, 1.807) is 0 Å². The number of allylic oxidation sites excluding steroid dienone is 2. The van der Waals surface area contributed by atoms with Gasteiger partial charge < -0.3 is 14.2 Å². The number of alkyl halides is 3. The number of ether oxygens (including phenoxy) is 3. The smallest absolute Gasteiger partial charge is 0.430 e. The summed E-state index contributed by atoms with van der Waals surface area (Å²) in [7, 11) is 0. The van der Waals surface area contributed by atoms with Crippen LogP contribution >= 0.6 is 0 Å². The highest BCUT2D eigenvalue weighted by molar-refractivity contribution is 5.60. The van der Waals surface area contributed by atoms with E-state index in [2.05, 4.69) is 12.2 Å². The number of carbonyl (C=O) groups is 1. The number of carbonyl (C=O) groups excluding carboxylic acids is 1. The first kappa shape index (κ1) is 19.2. The third-order valence-corrected chi connectivity index (χ3v) is 10.3. The number of hydrogen-bond acceptors (Lipinski definition) is 4. The van der Waals surface area contributed by atoms with Crippen LogP contribution in [0.4, 0.5) is 18.0 Å². The monoisotopic (exact) mass is 438 g/mol. The van der Waals surface area contributed by atoms with Gasteiger partial charge in [-0.2, -0.15) is 13.2 Å². The molecular formula is C24H29F3O4. The van der Waals surface area contributed by atoms with Crippen molar-refractivity contribution in [3.63, 3.8) is 0 Å². The van der Waals surface area contributed by atoms with Crippen molar-refractivity contribution in [3.8, 4) is 0 Å². The summed E-state index contributed by atoms with van der Waals surface area (Å²) in [6, 6.07) is 0. The average Bonchev–Trinajstić information content (AvgIpc) is 3.52. The van der Waals surface area contributed by atoms with Crippen LogP contribution in [0.5, 0.6) is 0 Å². The molecule has 0 aromatic rings. The molecule has 0 amide bonds. The molecule has 13 atom stereocenters. The van der Waals surface area contributed by atoms with Gasteiger partial charge in [0.15, 0.2) is 0 Å². The standard InChI is InChI=1S/C24H29F3O4/c25-24(26,27)21-14-9-15(22(21)31-23(28)30-16-3-1-2-6-29-16)20-13-8-12(19(14)20)17-10-4-5-11(7-10)18(13)17/h4-5,10-22H,1-3,6-9H2.